The Hall–Kier alpha value is -2.77. The number of H-pyrrole nitrogens is 1. The number of hydrogen-bond acceptors (Lipinski definition) is 5. The van der Waals surface area contributed by atoms with E-state index in [9.17, 15) is 8.78 Å². The smallest absolute Gasteiger partial charge is 0.200 e. The maximum atomic E-state index is 13.4. The summed E-state index contributed by atoms with van der Waals surface area (Å²) >= 11 is 0. The summed E-state index contributed by atoms with van der Waals surface area (Å²) in [6.07, 6.45) is 2.49. The van der Waals surface area contributed by atoms with Crippen LogP contribution in [0.15, 0.2) is 24.5 Å². The zero-order valence-electron chi connectivity index (χ0n) is 11.5. The largest absolute Gasteiger partial charge is 0.490 e. The van der Waals surface area contributed by atoms with Crippen LogP contribution in [-0.4, -0.2) is 26.5 Å². The van der Waals surface area contributed by atoms with Crippen molar-refractivity contribution in [3.05, 3.63) is 42.0 Å². The minimum atomic E-state index is -0.978. The van der Waals surface area contributed by atoms with Gasteiger partial charge in [-0.15, -0.1) is 0 Å². The molecule has 3 N–H and O–H groups in total. The van der Waals surface area contributed by atoms with E-state index in [4.69, 9.17) is 10.5 Å². The quantitative estimate of drug-likeness (QED) is 0.705. The molecule has 3 aromatic rings. The van der Waals surface area contributed by atoms with E-state index in [-0.39, 0.29) is 12.4 Å². The molecule has 0 bridgehead atoms. The van der Waals surface area contributed by atoms with Gasteiger partial charge in [-0.1, -0.05) is 6.07 Å². The molecule has 2 heterocycles. The normalized spacial score (nSPS) is 11.0. The minimum absolute atomic E-state index is 0.0975. The summed E-state index contributed by atoms with van der Waals surface area (Å²) in [5.74, 6) is -1.01. The first-order valence-corrected chi connectivity index (χ1v) is 6.67. The molecule has 8 heteroatoms. The van der Waals surface area contributed by atoms with Crippen LogP contribution in [-0.2, 0) is 6.42 Å². The number of nitrogens with one attached hydrogen (secondary N) is 1. The van der Waals surface area contributed by atoms with Gasteiger partial charge >= 0.3 is 0 Å². The van der Waals surface area contributed by atoms with Crippen LogP contribution in [0.2, 0.25) is 0 Å². The zero-order valence-corrected chi connectivity index (χ0v) is 11.5. The number of aromatic amines is 1. The summed E-state index contributed by atoms with van der Waals surface area (Å²) in [5, 5.41) is 0. The number of aryl methyl sites for hydroxylation is 1. The fraction of sp³-hybridized carbons (Fsp3) is 0.214. The van der Waals surface area contributed by atoms with Crippen molar-refractivity contribution >= 4 is 17.0 Å². The molecule has 6 nitrogen and oxygen atoms in total. The van der Waals surface area contributed by atoms with Gasteiger partial charge in [0.1, 0.15) is 17.7 Å². The third kappa shape index (κ3) is 2.80. The maximum Gasteiger partial charge on any atom is 0.200 e. The number of nitrogens with zero attached hydrogens (tertiary/aromatic N) is 3. The number of fused-ring (bicyclic) bond motifs is 1. The number of aromatic nitrogens is 4. The van der Waals surface area contributed by atoms with E-state index >= 15 is 0 Å². The van der Waals surface area contributed by atoms with Gasteiger partial charge in [-0.25, -0.2) is 19.3 Å². The number of halogens is 2. The van der Waals surface area contributed by atoms with Gasteiger partial charge < -0.3 is 15.5 Å². The molecule has 0 saturated carbocycles. The van der Waals surface area contributed by atoms with Crippen molar-refractivity contribution in [3.8, 4) is 5.75 Å². The molecule has 2 aromatic heterocycles. The summed E-state index contributed by atoms with van der Waals surface area (Å²) in [6.45, 7) is 0.235. The van der Waals surface area contributed by atoms with E-state index in [1.165, 1.54) is 18.5 Å². The summed E-state index contributed by atoms with van der Waals surface area (Å²) in [5.41, 5.74) is 6.79. The van der Waals surface area contributed by atoms with E-state index in [1.54, 1.807) is 0 Å². The van der Waals surface area contributed by atoms with E-state index in [0.717, 1.165) is 6.07 Å². The highest BCUT2D eigenvalue weighted by Gasteiger charge is 2.09. The fourth-order valence-corrected chi connectivity index (χ4v) is 2.03. The molecule has 1 aromatic carbocycles. The molecule has 0 unspecified atom stereocenters. The first-order chi connectivity index (χ1) is 10.6. The van der Waals surface area contributed by atoms with E-state index < -0.39 is 11.6 Å². The average Bonchev–Trinajstić information content (AvgIpc) is 2.92. The molecule has 0 saturated heterocycles. The molecule has 0 aliphatic carbocycles. The molecule has 0 fully saturated rings. The first kappa shape index (κ1) is 14.2. The highest BCUT2D eigenvalue weighted by Crippen LogP contribution is 2.19. The van der Waals surface area contributed by atoms with Crippen molar-refractivity contribution in [2.75, 3.05) is 12.3 Å². The number of hydrogen-bond donors (Lipinski definition) is 2. The minimum Gasteiger partial charge on any atom is -0.490 e. The van der Waals surface area contributed by atoms with Crippen LogP contribution in [0.1, 0.15) is 12.2 Å². The van der Waals surface area contributed by atoms with Gasteiger partial charge in [0.2, 0.25) is 5.82 Å². The zero-order chi connectivity index (χ0) is 15.5. The highest BCUT2D eigenvalue weighted by molar-refractivity contribution is 5.80. The molecule has 22 heavy (non-hydrogen) atoms. The SMILES string of the molecule is Nc1ncnc2[nH]c(CCCOc3cccc(F)c3F)nc12. The van der Waals surface area contributed by atoms with Crippen LogP contribution in [0.4, 0.5) is 14.6 Å². The molecule has 0 spiro atoms. The second-order valence-corrected chi connectivity index (χ2v) is 4.64. The number of ether oxygens (including phenoxy) is 1. The van der Waals surface area contributed by atoms with Gasteiger partial charge in [0.15, 0.2) is 23.0 Å². The molecule has 0 amide bonds. The highest BCUT2D eigenvalue weighted by atomic mass is 19.2. The van der Waals surface area contributed by atoms with Crippen LogP contribution in [0.3, 0.4) is 0 Å². The van der Waals surface area contributed by atoms with Gasteiger partial charge in [-0.05, 0) is 18.6 Å². The van der Waals surface area contributed by atoms with Crippen molar-refractivity contribution in [1.29, 1.82) is 0 Å². The van der Waals surface area contributed by atoms with Crippen molar-refractivity contribution in [3.63, 3.8) is 0 Å². The molecule has 0 atom stereocenters. The number of imidazole rings is 1. The standard InChI is InChI=1S/C14H13F2N5O/c15-8-3-1-4-9(11(8)16)22-6-2-5-10-20-12-13(17)18-7-19-14(12)21-10/h1,3-4,7H,2,5-6H2,(H3,17,18,19,20,21). The lowest BCUT2D eigenvalue weighted by Gasteiger charge is -2.06. The van der Waals surface area contributed by atoms with Crippen molar-refractivity contribution in [2.45, 2.75) is 12.8 Å². The van der Waals surface area contributed by atoms with E-state index in [0.29, 0.717) is 35.6 Å². The number of nitrogens with two attached hydrogens (primary N) is 1. The third-order valence-corrected chi connectivity index (χ3v) is 3.09. The van der Waals surface area contributed by atoms with Crippen LogP contribution < -0.4 is 10.5 Å². The lowest BCUT2D eigenvalue weighted by atomic mass is 10.3. The predicted octanol–water partition coefficient (Wildman–Crippen LogP) is 2.22. The van der Waals surface area contributed by atoms with Crippen molar-refractivity contribution in [2.24, 2.45) is 0 Å². The number of anilines is 1. The van der Waals surface area contributed by atoms with Gasteiger partial charge in [0.05, 0.1) is 6.61 Å². The Morgan fingerprint density at radius 1 is 1.23 bits per heavy atom. The molecule has 0 aliphatic rings. The van der Waals surface area contributed by atoms with Crippen molar-refractivity contribution in [1.82, 2.24) is 19.9 Å². The fourth-order valence-electron chi connectivity index (χ4n) is 2.03. The van der Waals surface area contributed by atoms with Crippen LogP contribution in [0.5, 0.6) is 5.75 Å². The predicted molar refractivity (Wildman–Crippen MR) is 76.3 cm³/mol. The average molecular weight is 305 g/mol. The van der Waals surface area contributed by atoms with Crippen LogP contribution in [0.25, 0.3) is 11.2 Å². The van der Waals surface area contributed by atoms with Gasteiger partial charge in [-0.3, -0.25) is 0 Å². The van der Waals surface area contributed by atoms with Gasteiger partial charge in [0, 0.05) is 6.42 Å². The number of rotatable bonds is 5. The molecule has 0 radical (unpaired) electrons. The molecule has 0 aliphatic heterocycles. The topological polar surface area (TPSA) is 89.7 Å². The maximum absolute atomic E-state index is 13.4. The summed E-state index contributed by atoms with van der Waals surface area (Å²) in [6, 6.07) is 3.83. The molecule has 114 valence electrons. The summed E-state index contributed by atoms with van der Waals surface area (Å²) in [4.78, 5) is 15.2. The number of benzene rings is 1. The third-order valence-electron chi connectivity index (χ3n) is 3.09. The lowest BCUT2D eigenvalue weighted by molar-refractivity contribution is 0.289. The van der Waals surface area contributed by atoms with E-state index in [2.05, 4.69) is 19.9 Å². The lowest BCUT2D eigenvalue weighted by Crippen LogP contribution is -2.02. The van der Waals surface area contributed by atoms with Crippen LogP contribution >= 0.6 is 0 Å². The molecule has 3 rings (SSSR count). The summed E-state index contributed by atoms with van der Waals surface area (Å²) in [7, 11) is 0. The van der Waals surface area contributed by atoms with Crippen molar-refractivity contribution < 1.29 is 13.5 Å². The first-order valence-electron chi connectivity index (χ1n) is 6.67. The Kier molecular flexibility index (Phi) is 3.82. The second kappa shape index (κ2) is 5.92. The second-order valence-electron chi connectivity index (χ2n) is 4.64. The molecular weight excluding hydrogens is 292 g/mol. The Morgan fingerprint density at radius 2 is 2.09 bits per heavy atom. The van der Waals surface area contributed by atoms with Gasteiger partial charge in [-0.2, -0.15) is 4.39 Å². The Morgan fingerprint density at radius 3 is 2.91 bits per heavy atom. The Labute approximate surface area is 124 Å². The van der Waals surface area contributed by atoms with Crippen LogP contribution in [0, 0.1) is 11.6 Å². The molecular formula is C14H13F2N5O. The monoisotopic (exact) mass is 305 g/mol. The Balaban J connectivity index is 1.58. The number of nitrogen functional groups attached to an aromatic ring is 1. The Bertz CT molecular complexity index is 805. The summed E-state index contributed by atoms with van der Waals surface area (Å²) < 4.78 is 31.6. The van der Waals surface area contributed by atoms with E-state index in [1.807, 2.05) is 0 Å². The van der Waals surface area contributed by atoms with Gasteiger partial charge in [0.25, 0.3) is 0 Å².